The van der Waals surface area contributed by atoms with Gasteiger partial charge in [-0.2, -0.15) is 18.2 Å². The fraction of sp³-hybridized carbons (Fsp3) is 0.529. The molecule has 3 rings (SSSR count). The molecule has 9 heteroatoms. The molecule has 3 atom stereocenters. The van der Waals surface area contributed by atoms with E-state index in [9.17, 15) is 18.0 Å². The van der Waals surface area contributed by atoms with Gasteiger partial charge in [0, 0.05) is 17.7 Å². The number of alkyl halides is 3. The number of carbonyl (C=O) groups excluding carboxylic acids is 1. The molecule has 0 bridgehead atoms. The van der Waals surface area contributed by atoms with Gasteiger partial charge in [0.15, 0.2) is 0 Å². The van der Waals surface area contributed by atoms with Crippen molar-refractivity contribution in [3.05, 3.63) is 29.9 Å². The molecule has 1 aliphatic carbocycles. The maximum atomic E-state index is 12.8. The van der Waals surface area contributed by atoms with E-state index in [4.69, 9.17) is 4.52 Å². The van der Waals surface area contributed by atoms with Crippen LogP contribution >= 0.6 is 0 Å². The second-order valence-corrected chi connectivity index (χ2v) is 6.63. The zero-order chi connectivity index (χ0) is 18.9. The highest BCUT2D eigenvalue weighted by molar-refractivity contribution is 5.79. The Labute approximate surface area is 148 Å². The fourth-order valence-corrected chi connectivity index (χ4v) is 3.17. The Morgan fingerprint density at radius 2 is 2.15 bits per heavy atom. The number of aromatic nitrogens is 3. The summed E-state index contributed by atoms with van der Waals surface area (Å²) in [5.41, 5.74) is -0.886. The molecule has 2 unspecified atom stereocenters. The monoisotopic (exact) mass is 368 g/mol. The SMILES string of the molecule is CC1CCCC1C(=O)N[C@@H](C)c1nc(-c2ccnc(C(F)(F)F)c2)no1. The third kappa shape index (κ3) is 3.86. The lowest BCUT2D eigenvalue weighted by molar-refractivity contribution is -0.141. The van der Waals surface area contributed by atoms with E-state index >= 15 is 0 Å². The zero-order valence-corrected chi connectivity index (χ0v) is 14.4. The summed E-state index contributed by atoms with van der Waals surface area (Å²) < 4.78 is 43.4. The van der Waals surface area contributed by atoms with E-state index in [-0.39, 0.29) is 29.1 Å². The van der Waals surface area contributed by atoms with E-state index in [0.717, 1.165) is 31.5 Å². The summed E-state index contributed by atoms with van der Waals surface area (Å²) in [5, 5.41) is 6.56. The molecule has 26 heavy (non-hydrogen) atoms. The number of hydrogen-bond donors (Lipinski definition) is 1. The summed E-state index contributed by atoms with van der Waals surface area (Å²) in [6, 6.07) is 1.70. The molecule has 1 saturated carbocycles. The molecule has 1 fully saturated rings. The van der Waals surface area contributed by atoms with Crippen molar-refractivity contribution in [2.45, 2.75) is 45.3 Å². The van der Waals surface area contributed by atoms with Crippen LogP contribution in [0.5, 0.6) is 0 Å². The number of rotatable bonds is 4. The van der Waals surface area contributed by atoms with Crippen molar-refractivity contribution in [3.63, 3.8) is 0 Å². The smallest absolute Gasteiger partial charge is 0.344 e. The number of halogens is 3. The largest absolute Gasteiger partial charge is 0.433 e. The third-order valence-corrected chi connectivity index (χ3v) is 4.68. The Balaban J connectivity index is 1.72. The molecule has 0 aromatic carbocycles. The molecule has 2 aromatic rings. The van der Waals surface area contributed by atoms with E-state index in [0.29, 0.717) is 5.92 Å². The number of amides is 1. The number of nitrogens with zero attached hydrogens (tertiary/aromatic N) is 3. The van der Waals surface area contributed by atoms with Gasteiger partial charge in [0.05, 0.1) is 0 Å². The van der Waals surface area contributed by atoms with Crippen LogP contribution in [0.4, 0.5) is 13.2 Å². The van der Waals surface area contributed by atoms with Crippen LogP contribution in [0, 0.1) is 11.8 Å². The highest BCUT2D eigenvalue weighted by atomic mass is 19.4. The zero-order valence-electron chi connectivity index (χ0n) is 14.4. The number of pyridine rings is 1. The maximum absolute atomic E-state index is 12.8. The Morgan fingerprint density at radius 1 is 1.38 bits per heavy atom. The van der Waals surface area contributed by atoms with Gasteiger partial charge in [0.25, 0.3) is 0 Å². The van der Waals surface area contributed by atoms with Gasteiger partial charge < -0.3 is 9.84 Å². The molecule has 2 aromatic heterocycles. The summed E-state index contributed by atoms with van der Waals surface area (Å²) in [6.07, 6.45) is -0.600. The molecule has 0 radical (unpaired) electrons. The predicted octanol–water partition coefficient (Wildman–Crippen LogP) is 3.76. The van der Waals surface area contributed by atoms with Gasteiger partial charge >= 0.3 is 6.18 Å². The van der Waals surface area contributed by atoms with Crippen molar-refractivity contribution in [2.24, 2.45) is 11.8 Å². The highest BCUT2D eigenvalue weighted by Gasteiger charge is 2.33. The first kappa shape index (κ1) is 18.3. The average molecular weight is 368 g/mol. The lowest BCUT2D eigenvalue weighted by Crippen LogP contribution is -2.34. The van der Waals surface area contributed by atoms with Crippen LogP contribution in [0.3, 0.4) is 0 Å². The van der Waals surface area contributed by atoms with E-state index in [2.05, 4.69) is 20.4 Å². The molecule has 6 nitrogen and oxygen atoms in total. The predicted molar refractivity (Wildman–Crippen MR) is 85.6 cm³/mol. The third-order valence-electron chi connectivity index (χ3n) is 4.68. The minimum absolute atomic E-state index is 0.0169. The van der Waals surface area contributed by atoms with E-state index in [1.54, 1.807) is 6.92 Å². The van der Waals surface area contributed by atoms with Gasteiger partial charge in [0.1, 0.15) is 11.7 Å². The van der Waals surface area contributed by atoms with Gasteiger partial charge in [-0.3, -0.25) is 9.78 Å². The molecule has 1 aliphatic rings. The molecule has 0 saturated heterocycles. The first-order valence-corrected chi connectivity index (χ1v) is 8.43. The first-order valence-electron chi connectivity index (χ1n) is 8.43. The standard InChI is InChI=1S/C17H19F3N4O2/c1-9-4-3-5-12(9)15(25)22-10(2)16-23-14(24-26-16)11-6-7-21-13(8-11)17(18,19)20/h6-10,12H,3-5H2,1-2H3,(H,22,25)/t9?,10-,12?/m0/s1. The minimum atomic E-state index is -4.55. The van der Waals surface area contributed by atoms with Gasteiger partial charge in [-0.15, -0.1) is 0 Å². The van der Waals surface area contributed by atoms with E-state index in [1.165, 1.54) is 6.07 Å². The second kappa shape index (κ2) is 7.05. The molecule has 0 spiro atoms. The van der Waals surface area contributed by atoms with Crippen LogP contribution in [0.2, 0.25) is 0 Å². The van der Waals surface area contributed by atoms with Crippen molar-refractivity contribution in [3.8, 4) is 11.4 Å². The van der Waals surface area contributed by atoms with Crippen LogP contribution in [-0.2, 0) is 11.0 Å². The van der Waals surface area contributed by atoms with Crippen LogP contribution in [0.15, 0.2) is 22.9 Å². The van der Waals surface area contributed by atoms with Crippen LogP contribution in [-0.4, -0.2) is 21.0 Å². The van der Waals surface area contributed by atoms with E-state index < -0.39 is 17.9 Å². The van der Waals surface area contributed by atoms with Crippen molar-refractivity contribution >= 4 is 5.91 Å². The fourth-order valence-electron chi connectivity index (χ4n) is 3.17. The molecular weight excluding hydrogens is 349 g/mol. The summed E-state index contributed by atoms with van der Waals surface area (Å²) in [7, 11) is 0. The first-order chi connectivity index (χ1) is 12.3. The van der Waals surface area contributed by atoms with Gasteiger partial charge in [-0.25, -0.2) is 0 Å². The maximum Gasteiger partial charge on any atom is 0.433 e. The summed E-state index contributed by atoms with van der Waals surface area (Å²) in [5.74, 6) is 0.394. The quantitative estimate of drug-likeness (QED) is 0.889. The van der Waals surface area contributed by atoms with Gasteiger partial charge in [0.2, 0.25) is 17.6 Å². The Bertz CT molecular complexity index is 790. The second-order valence-electron chi connectivity index (χ2n) is 6.63. The van der Waals surface area contributed by atoms with Gasteiger partial charge in [-0.1, -0.05) is 18.5 Å². The number of carbonyl (C=O) groups is 1. The molecule has 1 N–H and O–H groups in total. The van der Waals surface area contributed by atoms with Crippen molar-refractivity contribution < 1.29 is 22.5 Å². The molecular formula is C17H19F3N4O2. The summed E-state index contributed by atoms with van der Waals surface area (Å²) in [4.78, 5) is 19.8. The van der Waals surface area contributed by atoms with Crippen LogP contribution < -0.4 is 5.32 Å². The average Bonchev–Trinajstić information content (AvgIpc) is 3.23. The Hall–Kier alpha value is -2.45. The highest BCUT2D eigenvalue weighted by Crippen LogP contribution is 2.32. The van der Waals surface area contributed by atoms with Crippen LogP contribution in [0.25, 0.3) is 11.4 Å². The summed E-state index contributed by atoms with van der Waals surface area (Å²) >= 11 is 0. The topological polar surface area (TPSA) is 80.9 Å². The lowest BCUT2D eigenvalue weighted by Gasteiger charge is -2.17. The molecule has 140 valence electrons. The van der Waals surface area contributed by atoms with Gasteiger partial charge in [-0.05, 0) is 37.8 Å². The molecule has 2 heterocycles. The number of hydrogen-bond acceptors (Lipinski definition) is 5. The molecule has 0 aliphatic heterocycles. The summed E-state index contributed by atoms with van der Waals surface area (Å²) in [6.45, 7) is 3.75. The molecule has 1 amide bonds. The van der Waals surface area contributed by atoms with E-state index in [1.807, 2.05) is 6.92 Å². The van der Waals surface area contributed by atoms with Crippen LogP contribution in [0.1, 0.15) is 50.7 Å². The lowest BCUT2D eigenvalue weighted by atomic mass is 9.97. The van der Waals surface area contributed by atoms with Crippen molar-refractivity contribution in [1.29, 1.82) is 0 Å². The van der Waals surface area contributed by atoms with Crippen molar-refractivity contribution in [1.82, 2.24) is 20.4 Å². The normalized spacial score (nSPS) is 21.6. The van der Waals surface area contributed by atoms with Crippen molar-refractivity contribution in [2.75, 3.05) is 0 Å². The number of nitrogens with one attached hydrogen (secondary N) is 1. The Morgan fingerprint density at radius 3 is 2.81 bits per heavy atom. The Kier molecular flexibility index (Phi) is 4.97. The minimum Gasteiger partial charge on any atom is -0.344 e.